The van der Waals surface area contributed by atoms with E-state index in [1.165, 1.54) is 11.3 Å². The number of aryl methyl sites for hydroxylation is 2. The van der Waals surface area contributed by atoms with Crippen molar-refractivity contribution in [3.05, 3.63) is 35.3 Å². The van der Waals surface area contributed by atoms with Crippen LogP contribution in [0.25, 0.3) is 0 Å². The lowest BCUT2D eigenvalue weighted by atomic mass is 10.1. The Bertz CT molecular complexity index is 593. The highest BCUT2D eigenvalue weighted by molar-refractivity contribution is 5.43. The van der Waals surface area contributed by atoms with E-state index in [-0.39, 0.29) is 13.2 Å². The molecular formula is C16H24N4O2. The van der Waals surface area contributed by atoms with Gasteiger partial charge in [0.1, 0.15) is 6.61 Å². The van der Waals surface area contributed by atoms with Gasteiger partial charge in [-0.1, -0.05) is 13.8 Å². The molecule has 0 unspecified atom stereocenters. The second kappa shape index (κ2) is 7.79. The lowest BCUT2D eigenvalue weighted by molar-refractivity contribution is 0.196. The quantitative estimate of drug-likeness (QED) is 0.779. The van der Waals surface area contributed by atoms with Gasteiger partial charge in [0.2, 0.25) is 5.88 Å². The van der Waals surface area contributed by atoms with Crippen molar-refractivity contribution in [3.63, 3.8) is 0 Å². The first-order valence-electron chi connectivity index (χ1n) is 7.66. The van der Waals surface area contributed by atoms with Gasteiger partial charge in [0.25, 0.3) is 0 Å². The Hall–Kier alpha value is -2.08. The number of hydrogen-bond acceptors (Lipinski definition) is 5. The first-order valence-corrected chi connectivity index (χ1v) is 7.66. The van der Waals surface area contributed by atoms with E-state index in [9.17, 15) is 0 Å². The van der Waals surface area contributed by atoms with E-state index < -0.39 is 0 Å². The van der Waals surface area contributed by atoms with Crippen molar-refractivity contribution in [3.8, 4) is 5.88 Å². The van der Waals surface area contributed by atoms with Crippen LogP contribution in [-0.2, 0) is 26.4 Å². The minimum atomic E-state index is -0.0116. The molecule has 0 amide bonds. The minimum Gasteiger partial charge on any atom is -0.475 e. The highest BCUT2D eigenvalue weighted by atomic mass is 16.5. The van der Waals surface area contributed by atoms with Crippen molar-refractivity contribution in [2.24, 2.45) is 7.05 Å². The zero-order chi connectivity index (χ0) is 15.9. The molecule has 0 radical (unpaired) electrons. The molecule has 0 saturated heterocycles. The van der Waals surface area contributed by atoms with Crippen LogP contribution in [0.3, 0.4) is 0 Å². The molecule has 0 fully saturated rings. The van der Waals surface area contributed by atoms with Crippen LogP contribution < -0.4 is 10.1 Å². The van der Waals surface area contributed by atoms with Crippen LogP contribution in [0.4, 0.5) is 5.69 Å². The number of anilines is 1. The molecular weight excluding hydrogens is 280 g/mol. The number of hydrogen-bond donors (Lipinski definition) is 2. The first-order chi connectivity index (χ1) is 10.7. The molecule has 0 spiro atoms. The van der Waals surface area contributed by atoms with E-state index in [0.29, 0.717) is 5.88 Å². The zero-order valence-corrected chi connectivity index (χ0v) is 13.5. The fraction of sp³-hybridized carbons (Fsp3) is 0.500. The molecule has 6 heteroatoms. The zero-order valence-electron chi connectivity index (χ0n) is 13.5. The van der Waals surface area contributed by atoms with E-state index in [1.54, 1.807) is 12.3 Å². The number of ether oxygens (including phenoxy) is 1. The van der Waals surface area contributed by atoms with Crippen LogP contribution in [0.1, 0.15) is 30.8 Å². The molecule has 0 aliphatic rings. The normalized spacial score (nSPS) is 10.7. The third kappa shape index (κ3) is 3.76. The second-order valence-electron chi connectivity index (χ2n) is 5.01. The molecule has 2 aromatic rings. The highest BCUT2D eigenvalue weighted by Gasteiger charge is 2.13. The van der Waals surface area contributed by atoms with Crippen molar-refractivity contribution in [2.45, 2.75) is 33.2 Å². The number of aliphatic hydroxyl groups excluding tert-OH is 1. The molecule has 2 rings (SSSR count). The van der Waals surface area contributed by atoms with Crippen LogP contribution in [0.5, 0.6) is 5.88 Å². The second-order valence-corrected chi connectivity index (χ2v) is 5.01. The standard InChI is InChI=1S/C16H24N4O2/c1-4-14-13(15(5-2)20(3)19-14)11-17-12-6-7-16(18-10-12)22-9-8-21/h6-7,10,17,21H,4-5,8-9,11H2,1-3H3. The first kappa shape index (κ1) is 16.3. The van der Waals surface area contributed by atoms with Gasteiger partial charge in [-0.25, -0.2) is 4.98 Å². The largest absolute Gasteiger partial charge is 0.475 e. The SMILES string of the molecule is CCc1nn(C)c(CC)c1CNc1ccc(OCCO)nc1. The Labute approximate surface area is 131 Å². The molecule has 0 aliphatic heterocycles. The number of nitrogens with one attached hydrogen (secondary N) is 1. The van der Waals surface area contributed by atoms with Crippen molar-refractivity contribution >= 4 is 5.69 Å². The molecule has 0 atom stereocenters. The smallest absolute Gasteiger partial charge is 0.213 e. The Morgan fingerprint density at radius 2 is 2.09 bits per heavy atom. The molecule has 6 nitrogen and oxygen atoms in total. The molecule has 0 aromatic carbocycles. The molecule has 120 valence electrons. The maximum Gasteiger partial charge on any atom is 0.213 e. The lowest BCUT2D eigenvalue weighted by Crippen LogP contribution is -2.06. The number of rotatable bonds is 8. The Balaban J connectivity index is 2.03. The average molecular weight is 304 g/mol. The summed E-state index contributed by atoms with van der Waals surface area (Å²) in [7, 11) is 2.00. The van der Waals surface area contributed by atoms with Gasteiger partial charge in [0, 0.05) is 30.9 Å². The van der Waals surface area contributed by atoms with Crippen molar-refractivity contribution in [1.29, 1.82) is 0 Å². The predicted molar refractivity (Wildman–Crippen MR) is 86.1 cm³/mol. The number of aliphatic hydroxyl groups is 1. The van der Waals surface area contributed by atoms with Crippen LogP contribution in [0.15, 0.2) is 18.3 Å². The molecule has 22 heavy (non-hydrogen) atoms. The summed E-state index contributed by atoms with van der Waals surface area (Å²) in [5.74, 6) is 0.518. The van der Waals surface area contributed by atoms with Crippen molar-refractivity contribution in [2.75, 3.05) is 18.5 Å². The van der Waals surface area contributed by atoms with Gasteiger partial charge in [-0.05, 0) is 18.9 Å². The predicted octanol–water partition coefficient (Wildman–Crippen LogP) is 1.92. The molecule has 2 N–H and O–H groups in total. The maximum absolute atomic E-state index is 8.72. The minimum absolute atomic E-state index is 0.0116. The van der Waals surface area contributed by atoms with Gasteiger partial charge in [-0.3, -0.25) is 4.68 Å². The number of nitrogens with zero attached hydrogens (tertiary/aromatic N) is 3. The van der Waals surface area contributed by atoms with Gasteiger partial charge < -0.3 is 15.2 Å². The molecule has 0 bridgehead atoms. The number of pyridine rings is 1. The monoisotopic (exact) mass is 304 g/mol. The molecule has 2 aromatic heterocycles. The molecule has 0 saturated carbocycles. The van der Waals surface area contributed by atoms with Crippen LogP contribution >= 0.6 is 0 Å². The van der Waals surface area contributed by atoms with Gasteiger partial charge in [-0.2, -0.15) is 5.10 Å². The van der Waals surface area contributed by atoms with Gasteiger partial charge >= 0.3 is 0 Å². The Morgan fingerprint density at radius 1 is 1.27 bits per heavy atom. The fourth-order valence-corrected chi connectivity index (χ4v) is 2.50. The topological polar surface area (TPSA) is 72.2 Å². The van der Waals surface area contributed by atoms with Crippen molar-refractivity contribution in [1.82, 2.24) is 14.8 Å². The Kier molecular flexibility index (Phi) is 5.77. The van der Waals surface area contributed by atoms with E-state index in [0.717, 1.165) is 30.8 Å². The van der Waals surface area contributed by atoms with Gasteiger partial charge in [0.05, 0.1) is 24.2 Å². The molecule has 2 heterocycles. The Morgan fingerprint density at radius 3 is 2.68 bits per heavy atom. The van der Waals surface area contributed by atoms with E-state index in [4.69, 9.17) is 9.84 Å². The third-order valence-electron chi connectivity index (χ3n) is 3.57. The van der Waals surface area contributed by atoms with E-state index in [1.807, 2.05) is 17.8 Å². The van der Waals surface area contributed by atoms with Crippen LogP contribution in [0.2, 0.25) is 0 Å². The summed E-state index contributed by atoms with van der Waals surface area (Å²) in [4.78, 5) is 4.20. The van der Waals surface area contributed by atoms with Gasteiger partial charge in [-0.15, -0.1) is 0 Å². The summed E-state index contributed by atoms with van der Waals surface area (Å²) in [6, 6.07) is 3.72. The summed E-state index contributed by atoms with van der Waals surface area (Å²) >= 11 is 0. The van der Waals surface area contributed by atoms with Crippen LogP contribution in [0, 0.1) is 0 Å². The summed E-state index contributed by atoms with van der Waals surface area (Å²) in [6.07, 6.45) is 3.63. The van der Waals surface area contributed by atoms with Crippen molar-refractivity contribution < 1.29 is 9.84 Å². The average Bonchev–Trinajstić information content (AvgIpc) is 2.86. The highest BCUT2D eigenvalue weighted by Crippen LogP contribution is 2.18. The van der Waals surface area contributed by atoms with Gasteiger partial charge in [0.15, 0.2) is 0 Å². The van der Waals surface area contributed by atoms with E-state index in [2.05, 4.69) is 29.2 Å². The third-order valence-corrected chi connectivity index (χ3v) is 3.57. The summed E-state index contributed by atoms with van der Waals surface area (Å²) in [6.45, 7) is 5.26. The summed E-state index contributed by atoms with van der Waals surface area (Å²) < 4.78 is 7.22. The maximum atomic E-state index is 8.72. The summed E-state index contributed by atoms with van der Waals surface area (Å²) in [5.41, 5.74) is 4.61. The number of aromatic nitrogens is 3. The van der Waals surface area contributed by atoms with E-state index >= 15 is 0 Å². The summed E-state index contributed by atoms with van der Waals surface area (Å²) in [5, 5.41) is 16.7. The molecule has 0 aliphatic carbocycles. The fourth-order valence-electron chi connectivity index (χ4n) is 2.50. The van der Waals surface area contributed by atoms with Crippen LogP contribution in [-0.4, -0.2) is 33.1 Å². The lowest BCUT2D eigenvalue weighted by Gasteiger charge is -2.09.